The maximum absolute atomic E-state index is 14.4. The van der Waals surface area contributed by atoms with E-state index in [1.54, 1.807) is 18.6 Å². The number of thiazole rings is 1. The van der Waals surface area contributed by atoms with Gasteiger partial charge >= 0.3 is 5.97 Å². The monoisotopic (exact) mass is 665 g/mol. The van der Waals surface area contributed by atoms with Gasteiger partial charge in [-0.1, -0.05) is 96.3 Å². The number of fused-ring (bicyclic) bond motifs is 1. The normalized spacial score (nSPS) is 14.4. The fourth-order valence-corrected chi connectivity index (χ4v) is 7.44. The van der Waals surface area contributed by atoms with Crippen molar-refractivity contribution in [3.05, 3.63) is 169 Å². The second kappa shape index (κ2) is 13.4. The van der Waals surface area contributed by atoms with Gasteiger partial charge in [0.25, 0.3) is 5.56 Å². The second-order valence-electron chi connectivity index (χ2n) is 11.8. The van der Waals surface area contributed by atoms with Crippen LogP contribution in [-0.4, -0.2) is 28.8 Å². The molecule has 8 heteroatoms. The van der Waals surface area contributed by atoms with E-state index in [1.165, 1.54) is 16.9 Å². The zero-order chi connectivity index (χ0) is 34.1. The van der Waals surface area contributed by atoms with Gasteiger partial charge < -0.3 is 14.0 Å². The van der Waals surface area contributed by atoms with Crippen molar-refractivity contribution in [1.29, 1.82) is 0 Å². The molecule has 244 valence electrons. The average Bonchev–Trinajstić information content (AvgIpc) is 3.61. The van der Waals surface area contributed by atoms with Gasteiger partial charge in [0.05, 0.1) is 35.6 Å². The lowest BCUT2D eigenvalue weighted by Crippen LogP contribution is -2.40. The zero-order valence-electron chi connectivity index (χ0n) is 27.7. The summed E-state index contributed by atoms with van der Waals surface area (Å²) in [5.74, 6) is 0.160. The minimum atomic E-state index is -0.755. The number of carbonyl (C=O) groups is 1. The molecule has 0 radical (unpaired) electrons. The number of methoxy groups -OCH3 is 1. The Labute approximate surface area is 288 Å². The summed E-state index contributed by atoms with van der Waals surface area (Å²) in [5.41, 5.74) is 8.45. The molecule has 2 aromatic heterocycles. The third kappa shape index (κ3) is 5.96. The molecule has 0 spiro atoms. The molecule has 4 aromatic carbocycles. The summed E-state index contributed by atoms with van der Waals surface area (Å²) in [6, 6.07) is 37.1. The fourth-order valence-electron chi connectivity index (χ4n) is 6.45. The van der Waals surface area contributed by atoms with E-state index in [2.05, 4.69) is 60.9 Å². The minimum Gasteiger partial charge on any atom is -0.497 e. The molecule has 0 amide bonds. The molecule has 0 saturated heterocycles. The lowest BCUT2D eigenvalue weighted by Gasteiger charge is -2.26. The molecular weight excluding hydrogens is 631 g/mol. The first kappa shape index (κ1) is 31.8. The molecule has 0 bridgehead atoms. The molecule has 0 aliphatic carbocycles. The predicted octanol–water partition coefficient (Wildman–Crippen LogP) is 7.02. The quantitative estimate of drug-likeness (QED) is 0.164. The van der Waals surface area contributed by atoms with Gasteiger partial charge in [-0.3, -0.25) is 9.36 Å². The molecule has 7 rings (SSSR count). The summed E-state index contributed by atoms with van der Waals surface area (Å²) in [6.07, 6.45) is 1.93. The largest absolute Gasteiger partial charge is 0.497 e. The number of benzene rings is 4. The van der Waals surface area contributed by atoms with Crippen molar-refractivity contribution in [1.82, 2.24) is 9.13 Å². The molecule has 0 fully saturated rings. The minimum absolute atomic E-state index is 0.189. The van der Waals surface area contributed by atoms with Crippen LogP contribution in [0.15, 0.2) is 131 Å². The summed E-state index contributed by atoms with van der Waals surface area (Å²) in [7, 11) is 1.60. The van der Waals surface area contributed by atoms with Gasteiger partial charge in [-0.2, -0.15) is 0 Å². The molecule has 0 N–H and O–H groups in total. The summed E-state index contributed by atoms with van der Waals surface area (Å²) in [6.45, 7) is 6.09. The van der Waals surface area contributed by atoms with Crippen LogP contribution < -0.4 is 19.6 Å². The van der Waals surface area contributed by atoms with Crippen LogP contribution in [0, 0.1) is 13.8 Å². The number of rotatable bonds is 8. The van der Waals surface area contributed by atoms with Gasteiger partial charge in [0, 0.05) is 22.6 Å². The maximum Gasteiger partial charge on any atom is 0.338 e. The highest BCUT2D eigenvalue weighted by Crippen LogP contribution is 2.36. The van der Waals surface area contributed by atoms with Crippen molar-refractivity contribution >= 4 is 29.1 Å². The smallest absolute Gasteiger partial charge is 0.338 e. The topological polar surface area (TPSA) is 74.8 Å². The first-order valence-corrected chi connectivity index (χ1v) is 17.0. The van der Waals surface area contributed by atoms with Crippen molar-refractivity contribution in [3.63, 3.8) is 0 Å². The van der Waals surface area contributed by atoms with Gasteiger partial charge in [0.1, 0.15) is 5.75 Å². The first-order valence-electron chi connectivity index (χ1n) is 16.1. The van der Waals surface area contributed by atoms with Crippen molar-refractivity contribution in [2.45, 2.75) is 26.8 Å². The molecule has 7 nitrogen and oxygen atoms in total. The van der Waals surface area contributed by atoms with Crippen LogP contribution in [-0.2, 0) is 9.53 Å². The molecule has 49 heavy (non-hydrogen) atoms. The van der Waals surface area contributed by atoms with Crippen molar-refractivity contribution in [3.8, 4) is 22.6 Å². The lowest BCUT2D eigenvalue weighted by atomic mass is 9.93. The number of hydrogen-bond acceptors (Lipinski definition) is 6. The predicted molar refractivity (Wildman–Crippen MR) is 195 cm³/mol. The Morgan fingerprint density at radius 3 is 2.12 bits per heavy atom. The molecule has 1 aliphatic heterocycles. The molecule has 0 saturated carbocycles. The lowest BCUT2D eigenvalue weighted by molar-refractivity contribution is -0.138. The van der Waals surface area contributed by atoms with Crippen LogP contribution in [0.1, 0.15) is 41.0 Å². The van der Waals surface area contributed by atoms with Gasteiger partial charge in [-0.15, -0.1) is 0 Å². The second-order valence-corrected chi connectivity index (χ2v) is 12.8. The van der Waals surface area contributed by atoms with Crippen LogP contribution in [0.25, 0.3) is 28.6 Å². The molecular formula is C41H35N3O4S. The first-order chi connectivity index (χ1) is 23.9. The van der Waals surface area contributed by atoms with Crippen LogP contribution in [0.4, 0.5) is 0 Å². The summed E-state index contributed by atoms with van der Waals surface area (Å²) >= 11 is 1.32. The van der Waals surface area contributed by atoms with Crippen LogP contribution in [0.2, 0.25) is 0 Å². The number of hydrogen-bond donors (Lipinski definition) is 0. The highest BCUT2D eigenvalue weighted by Gasteiger charge is 2.35. The van der Waals surface area contributed by atoms with Gasteiger partial charge in [-0.25, -0.2) is 9.79 Å². The van der Waals surface area contributed by atoms with E-state index in [0.717, 1.165) is 39.3 Å². The van der Waals surface area contributed by atoms with Crippen LogP contribution in [0.5, 0.6) is 5.75 Å². The molecule has 1 atom stereocenters. The number of nitrogens with zero attached hydrogens (tertiary/aromatic N) is 3. The summed E-state index contributed by atoms with van der Waals surface area (Å²) in [5, 5.41) is 0. The Morgan fingerprint density at radius 2 is 1.49 bits per heavy atom. The third-order valence-electron chi connectivity index (χ3n) is 8.79. The average molecular weight is 666 g/mol. The number of carbonyl (C=O) groups excluding carboxylic acids is 1. The van der Waals surface area contributed by atoms with E-state index >= 15 is 0 Å². The van der Waals surface area contributed by atoms with E-state index in [-0.39, 0.29) is 12.2 Å². The van der Waals surface area contributed by atoms with Gasteiger partial charge in [0.15, 0.2) is 4.80 Å². The molecule has 0 unspecified atom stereocenters. The van der Waals surface area contributed by atoms with Crippen LogP contribution in [0.3, 0.4) is 0 Å². The Hall–Kier alpha value is -5.73. The molecule has 6 aromatic rings. The molecule has 1 aliphatic rings. The Morgan fingerprint density at radius 1 is 0.857 bits per heavy atom. The van der Waals surface area contributed by atoms with Gasteiger partial charge in [0.2, 0.25) is 0 Å². The van der Waals surface area contributed by atoms with E-state index in [9.17, 15) is 9.59 Å². The van der Waals surface area contributed by atoms with E-state index < -0.39 is 12.0 Å². The van der Waals surface area contributed by atoms with E-state index in [1.807, 2.05) is 78.9 Å². The van der Waals surface area contributed by atoms with Crippen molar-refractivity contribution in [2.75, 3.05) is 13.7 Å². The highest BCUT2D eigenvalue weighted by molar-refractivity contribution is 7.07. The third-order valence-corrected chi connectivity index (χ3v) is 9.78. The van der Waals surface area contributed by atoms with Crippen molar-refractivity contribution in [2.24, 2.45) is 4.99 Å². The Bertz CT molecular complexity index is 2370. The standard InChI is InChI=1S/C41H35N3O4S/c1-5-48-40(46)36-37(30-14-10-7-11-15-30)42-41-44(38(36)31-18-22-34(47-4)23-19-31)39(45)35(49-41)25-32-24-26(2)43(27(32)3)33-20-16-29(17-21-33)28-12-8-6-9-13-28/h6-25,38H,5H2,1-4H3/b35-25-/t38-/m0/s1. The zero-order valence-corrected chi connectivity index (χ0v) is 28.5. The van der Waals surface area contributed by atoms with E-state index in [4.69, 9.17) is 14.5 Å². The number of aromatic nitrogens is 2. The fraction of sp³-hybridized carbons (Fsp3) is 0.146. The maximum atomic E-state index is 14.4. The molecule has 3 heterocycles. The highest BCUT2D eigenvalue weighted by atomic mass is 32.1. The summed E-state index contributed by atoms with van der Waals surface area (Å²) in [4.78, 5) is 33.6. The van der Waals surface area contributed by atoms with Gasteiger partial charge in [-0.05, 0) is 79.4 Å². The van der Waals surface area contributed by atoms with Crippen molar-refractivity contribution < 1.29 is 14.3 Å². The van der Waals surface area contributed by atoms with Crippen LogP contribution >= 0.6 is 11.3 Å². The SMILES string of the molecule is CCOC(=O)C1=C(c2ccccc2)N=c2s/c(=C\c3cc(C)n(-c4ccc(-c5ccccc5)cc4)c3C)c(=O)n2[C@H]1c1ccc(OC)cc1. The summed E-state index contributed by atoms with van der Waals surface area (Å²) < 4.78 is 15.3. The number of aryl methyl sites for hydroxylation is 1. The Balaban J connectivity index is 1.38. The van der Waals surface area contributed by atoms with E-state index in [0.29, 0.717) is 26.4 Å². The Kier molecular flexibility index (Phi) is 8.72. The number of ether oxygens (including phenoxy) is 2. The number of esters is 1.